The van der Waals surface area contributed by atoms with Crippen molar-refractivity contribution in [1.29, 1.82) is 0 Å². The molecule has 1 unspecified atom stereocenters. The highest BCUT2D eigenvalue weighted by Crippen LogP contribution is 2.01. The maximum Gasteiger partial charge on any atom is 0.238 e. The molecule has 1 aromatic rings. The van der Waals surface area contributed by atoms with E-state index in [1.54, 1.807) is 0 Å². The van der Waals surface area contributed by atoms with Crippen LogP contribution in [0, 0.1) is 0 Å². The lowest BCUT2D eigenvalue weighted by atomic mass is 10.1. The van der Waals surface area contributed by atoms with Crippen LogP contribution in [0.2, 0.25) is 0 Å². The van der Waals surface area contributed by atoms with E-state index in [2.05, 4.69) is 28.1 Å². The van der Waals surface area contributed by atoms with Crippen LogP contribution in [0.25, 0.3) is 0 Å². The molecule has 4 nitrogen and oxygen atoms in total. The number of carbonyl (C=O) groups excluding carboxylic acids is 1. The number of carbonyl (C=O) groups is 1. The van der Waals surface area contributed by atoms with Crippen molar-refractivity contribution in [3.63, 3.8) is 0 Å². The molecule has 1 heterocycles. The highest BCUT2D eigenvalue weighted by atomic mass is 16.2. The molecule has 2 rings (SSSR count). The van der Waals surface area contributed by atoms with Crippen LogP contribution in [0.1, 0.15) is 12.0 Å². The van der Waals surface area contributed by atoms with E-state index >= 15 is 0 Å². The lowest BCUT2D eigenvalue weighted by Gasteiger charge is -2.23. The molecule has 4 heteroatoms. The number of benzene rings is 1. The van der Waals surface area contributed by atoms with E-state index in [9.17, 15) is 4.79 Å². The van der Waals surface area contributed by atoms with Gasteiger partial charge in [0.2, 0.25) is 5.91 Å². The molecule has 1 fully saturated rings. The van der Waals surface area contributed by atoms with Crippen LogP contribution in [0.3, 0.4) is 0 Å². The van der Waals surface area contributed by atoms with E-state index in [1.165, 1.54) is 5.56 Å². The van der Waals surface area contributed by atoms with Gasteiger partial charge in [-0.05, 0) is 18.4 Å². The summed E-state index contributed by atoms with van der Waals surface area (Å²) >= 11 is 0. The van der Waals surface area contributed by atoms with Crippen molar-refractivity contribution in [2.24, 2.45) is 0 Å². The number of rotatable bonds is 5. The number of aryl methyl sites for hydroxylation is 1. The van der Waals surface area contributed by atoms with Gasteiger partial charge in [0.25, 0.3) is 0 Å². The number of nitrogens with one attached hydrogen (secondary N) is 3. The monoisotopic (exact) mass is 247 g/mol. The first-order valence-electron chi connectivity index (χ1n) is 6.62. The SMILES string of the molecule is O=C(NCCCc1ccccc1)C1CNCCN1. The standard InChI is InChI=1S/C14H21N3O/c18-14(13-11-15-9-10-16-13)17-8-4-7-12-5-2-1-3-6-12/h1-3,5-6,13,15-16H,4,7-11H2,(H,17,18). The summed E-state index contributed by atoms with van der Waals surface area (Å²) in [6.45, 7) is 3.27. The summed E-state index contributed by atoms with van der Waals surface area (Å²) in [6, 6.07) is 10.3. The first-order chi connectivity index (χ1) is 8.86. The third-order valence-corrected chi connectivity index (χ3v) is 3.14. The zero-order valence-corrected chi connectivity index (χ0v) is 10.6. The molecule has 1 aliphatic rings. The van der Waals surface area contributed by atoms with E-state index < -0.39 is 0 Å². The highest BCUT2D eigenvalue weighted by molar-refractivity contribution is 5.82. The molecule has 0 radical (unpaired) electrons. The Labute approximate surface area is 108 Å². The van der Waals surface area contributed by atoms with Gasteiger partial charge in [0.05, 0.1) is 6.04 Å². The number of hydrogen-bond donors (Lipinski definition) is 3. The third kappa shape index (κ3) is 4.13. The summed E-state index contributed by atoms with van der Waals surface area (Å²) in [7, 11) is 0. The fourth-order valence-corrected chi connectivity index (χ4v) is 2.11. The Kier molecular flexibility index (Phi) is 5.17. The van der Waals surface area contributed by atoms with Crippen molar-refractivity contribution in [1.82, 2.24) is 16.0 Å². The fourth-order valence-electron chi connectivity index (χ4n) is 2.11. The second-order valence-corrected chi connectivity index (χ2v) is 4.59. The Morgan fingerprint density at radius 2 is 2.11 bits per heavy atom. The normalized spacial score (nSPS) is 19.4. The average Bonchev–Trinajstić information content (AvgIpc) is 2.45. The van der Waals surface area contributed by atoms with E-state index in [-0.39, 0.29) is 11.9 Å². The Balaban J connectivity index is 1.61. The molecule has 1 amide bonds. The minimum absolute atomic E-state index is 0.0736. The maximum atomic E-state index is 11.8. The Bertz CT molecular complexity index is 361. The van der Waals surface area contributed by atoms with Crippen molar-refractivity contribution in [2.75, 3.05) is 26.2 Å². The van der Waals surface area contributed by atoms with E-state index in [0.29, 0.717) is 0 Å². The molecule has 3 N–H and O–H groups in total. The average molecular weight is 247 g/mol. The van der Waals surface area contributed by atoms with Gasteiger partial charge in [-0.3, -0.25) is 4.79 Å². The molecule has 98 valence electrons. The summed E-state index contributed by atoms with van der Waals surface area (Å²) in [5.41, 5.74) is 1.32. The minimum Gasteiger partial charge on any atom is -0.355 e. The van der Waals surface area contributed by atoms with E-state index in [4.69, 9.17) is 0 Å². The molecule has 18 heavy (non-hydrogen) atoms. The first-order valence-corrected chi connectivity index (χ1v) is 6.62. The van der Waals surface area contributed by atoms with Gasteiger partial charge in [0.15, 0.2) is 0 Å². The van der Waals surface area contributed by atoms with Gasteiger partial charge in [0.1, 0.15) is 0 Å². The van der Waals surface area contributed by atoms with Gasteiger partial charge in [-0.2, -0.15) is 0 Å². The summed E-state index contributed by atoms with van der Waals surface area (Å²) in [5, 5.41) is 9.39. The van der Waals surface area contributed by atoms with Crippen molar-refractivity contribution in [3.05, 3.63) is 35.9 Å². The van der Waals surface area contributed by atoms with E-state index in [1.807, 2.05) is 18.2 Å². The minimum atomic E-state index is -0.0736. The van der Waals surface area contributed by atoms with Crippen LogP contribution < -0.4 is 16.0 Å². The molecule has 1 aliphatic heterocycles. The summed E-state index contributed by atoms with van der Waals surface area (Å²) in [6.07, 6.45) is 1.99. The van der Waals surface area contributed by atoms with Crippen LogP contribution in [-0.4, -0.2) is 38.1 Å². The molecule has 1 aromatic carbocycles. The van der Waals surface area contributed by atoms with Gasteiger partial charge in [0, 0.05) is 26.2 Å². The van der Waals surface area contributed by atoms with Crippen LogP contribution in [-0.2, 0) is 11.2 Å². The Morgan fingerprint density at radius 1 is 1.28 bits per heavy atom. The summed E-state index contributed by atoms with van der Waals surface area (Å²) < 4.78 is 0. The highest BCUT2D eigenvalue weighted by Gasteiger charge is 2.19. The zero-order chi connectivity index (χ0) is 12.6. The quantitative estimate of drug-likeness (QED) is 0.656. The van der Waals surface area contributed by atoms with Crippen molar-refractivity contribution < 1.29 is 4.79 Å². The molecular formula is C14H21N3O. The maximum absolute atomic E-state index is 11.8. The number of piperazine rings is 1. The predicted octanol–water partition coefficient (Wildman–Crippen LogP) is 0.297. The van der Waals surface area contributed by atoms with Crippen molar-refractivity contribution in [3.8, 4) is 0 Å². The van der Waals surface area contributed by atoms with Gasteiger partial charge in [-0.15, -0.1) is 0 Å². The van der Waals surface area contributed by atoms with Crippen LogP contribution in [0.15, 0.2) is 30.3 Å². The molecule has 1 saturated heterocycles. The van der Waals surface area contributed by atoms with Crippen LogP contribution >= 0.6 is 0 Å². The number of amides is 1. The van der Waals surface area contributed by atoms with E-state index in [0.717, 1.165) is 39.0 Å². The predicted molar refractivity (Wildman–Crippen MR) is 72.4 cm³/mol. The Morgan fingerprint density at radius 3 is 2.83 bits per heavy atom. The molecule has 0 aromatic heterocycles. The van der Waals surface area contributed by atoms with Gasteiger partial charge < -0.3 is 16.0 Å². The largest absolute Gasteiger partial charge is 0.355 e. The van der Waals surface area contributed by atoms with Gasteiger partial charge in [-0.25, -0.2) is 0 Å². The zero-order valence-electron chi connectivity index (χ0n) is 10.6. The molecule has 0 saturated carbocycles. The molecular weight excluding hydrogens is 226 g/mol. The van der Waals surface area contributed by atoms with Gasteiger partial charge >= 0.3 is 0 Å². The third-order valence-electron chi connectivity index (χ3n) is 3.14. The molecule has 0 aliphatic carbocycles. The second kappa shape index (κ2) is 7.13. The number of hydrogen-bond acceptors (Lipinski definition) is 3. The lowest BCUT2D eigenvalue weighted by molar-refractivity contribution is -0.123. The van der Waals surface area contributed by atoms with Crippen molar-refractivity contribution >= 4 is 5.91 Å². The smallest absolute Gasteiger partial charge is 0.238 e. The van der Waals surface area contributed by atoms with Crippen LogP contribution in [0.5, 0.6) is 0 Å². The Hall–Kier alpha value is -1.39. The molecule has 0 spiro atoms. The topological polar surface area (TPSA) is 53.2 Å². The lowest BCUT2D eigenvalue weighted by Crippen LogP contribution is -2.55. The summed E-state index contributed by atoms with van der Waals surface area (Å²) in [5.74, 6) is 0.107. The first kappa shape index (κ1) is 13.1. The summed E-state index contributed by atoms with van der Waals surface area (Å²) in [4.78, 5) is 11.8. The second-order valence-electron chi connectivity index (χ2n) is 4.59. The molecule has 1 atom stereocenters. The fraction of sp³-hybridized carbons (Fsp3) is 0.500. The van der Waals surface area contributed by atoms with Crippen LogP contribution in [0.4, 0.5) is 0 Å². The van der Waals surface area contributed by atoms with Crippen molar-refractivity contribution in [2.45, 2.75) is 18.9 Å². The van der Waals surface area contributed by atoms with Gasteiger partial charge in [-0.1, -0.05) is 30.3 Å². The molecule has 0 bridgehead atoms.